The van der Waals surface area contributed by atoms with Gasteiger partial charge in [0.1, 0.15) is 0 Å². The zero-order chi connectivity index (χ0) is 16.4. The van der Waals surface area contributed by atoms with E-state index in [0.717, 1.165) is 17.7 Å². The molecule has 8 heteroatoms. The minimum absolute atomic E-state index is 0.0448. The van der Waals surface area contributed by atoms with E-state index in [-0.39, 0.29) is 17.6 Å². The third-order valence-electron chi connectivity index (χ3n) is 4.04. The van der Waals surface area contributed by atoms with Crippen LogP contribution in [-0.2, 0) is 11.2 Å². The molecule has 0 radical (unpaired) electrons. The highest BCUT2D eigenvalue weighted by atomic mass is 32.1. The molecule has 0 bridgehead atoms. The SMILES string of the molecule is Cc1ccc(CC(=O)N2CCC(n3cc(C(=O)O)nn3)CC2)s1. The number of piperidine rings is 1. The highest BCUT2D eigenvalue weighted by Gasteiger charge is 2.25. The number of hydrogen-bond acceptors (Lipinski definition) is 5. The van der Waals surface area contributed by atoms with E-state index in [1.54, 1.807) is 16.0 Å². The quantitative estimate of drug-likeness (QED) is 0.920. The van der Waals surface area contributed by atoms with Gasteiger partial charge >= 0.3 is 5.97 Å². The van der Waals surface area contributed by atoms with Crippen molar-refractivity contribution in [3.05, 3.63) is 33.8 Å². The number of amides is 1. The van der Waals surface area contributed by atoms with E-state index in [0.29, 0.717) is 19.5 Å². The molecule has 1 aliphatic heterocycles. The normalized spacial score (nSPS) is 15.8. The van der Waals surface area contributed by atoms with E-state index in [9.17, 15) is 9.59 Å². The van der Waals surface area contributed by atoms with Gasteiger partial charge in [-0.2, -0.15) is 0 Å². The standard InChI is InChI=1S/C15H18N4O3S/c1-10-2-3-12(23-10)8-14(20)18-6-4-11(5-7-18)19-9-13(15(21)22)16-17-19/h2-3,9,11H,4-8H2,1H3,(H,21,22). The van der Waals surface area contributed by atoms with Gasteiger partial charge in [-0.1, -0.05) is 5.21 Å². The summed E-state index contributed by atoms with van der Waals surface area (Å²) in [6.07, 6.45) is 3.43. The van der Waals surface area contributed by atoms with E-state index in [4.69, 9.17) is 5.11 Å². The van der Waals surface area contributed by atoms with E-state index in [2.05, 4.69) is 10.3 Å². The van der Waals surface area contributed by atoms with E-state index in [1.165, 1.54) is 11.1 Å². The number of carboxylic acids is 1. The maximum Gasteiger partial charge on any atom is 0.358 e. The molecule has 3 rings (SSSR count). The molecule has 122 valence electrons. The molecule has 0 aliphatic carbocycles. The molecular weight excluding hydrogens is 316 g/mol. The Morgan fingerprint density at radius 2 is 2.09 bits per heavy atom. The van der Waals surface area contributed by atoms with Gasteiger partial charge < -0.3 is 10.0 Å². The topological polar surface area (TPSA) is 88.3 Å². The van der Waals surface area contributed by atoms with Crippen molar-refractivity contribution in [3.63, 3.8) is 0 Å². The molecule has 1 aliphatic rings. The fourth-order valence-corrected chi connectivity index (χ4v) is 3.66. The van der Waals surface area contributed by atoms with Crippen LogP contribution in [0.2, 0.25) is 0 Å². The van der Waals surface area contributed by atoms with E-state index >= 15 is 0 Å². The molecule has 0 unspecified atom stereocenters. The second kappa shape index (κ2) is 6.49. The Hall–Kier alpha value is -2.22. The summed E-state index contributed by atoms with van der Waals surface area (Å²) >= 11 is 1.66. The molecule has 1 fully saturated rings. The summed E-state index contributed by atoms with van der Waals surface area (Å²) in [5.41, 5.74) is -0.0448. The summed E-state index contributed by atoms with van der Waals surface area (Å²) in [6, 6.07) is 4.14. The molecular formula is C15H18N4O3S. The molecule has 1 saturated heterocycles. The monoisotopic (exact) mass is 334 g/mol. The number of likely N-dealkylation sites (tertiary alicyclic amines) is 1. The van der Waals surface area contributed by atoms with Crippen LogP contribution in [0.25, 0.3) is 0 Å². The van der Waals surface area contributed by atoms with Gasteiger partial charge in [0.2, 0.25) is 5.91 Å². The summed E-state index contributed by atoms with van der Waals surface area (Å²) in [5.74, 6) is -0.926. The number of hydrogen-bond donors (Lipinski definition) is 1. The minimum atomic E-state index is -1.07. The number of aromatic nitrogens is 3. The Kier molecular flexibility index (Phi) is 4.42. The van der Waals surface area contributed by atoms with Crippen LogP contribution in [0.5, 0.6) is 0 Å². The van der Waals surface area contributed by atoms with Crippen molar-refractivity contribution in [1.82, 2.24) is 19.9 Å². The number of carbonyl (C=O) groups is 2. The molecule has 0 spiro atoms. The molecule has 7 nitrogen and oxygen atoms in total. The van der Waals surface area contributed by atoms with Crippen LogP contribution in [0.4, 0.5) is 0 Å². The maximum absolute atomic E-state index is 12.3. The summed E-state index contributed by atoms with van der Waals surface area (Å²) in [5, 5.41) is 16.4. The number of thiophene rings is 1. The lowest BCUT2D eigenvalue weighted by molar-refractivity contribution is -0.131. The van der Waals surface area contributed by atoms with Gasteiger partial charge in [-0.25, -0.2) is 9.48 Å². The van der Waals surface area contributed by atoms with Gasteiger partial charge in [0.15, 0.2) is 5.69 Å². The molecule has 3 heterocycles. The molecule has 0 aromatic carbocycles. The fraction of sp³-hybridized carbons (Fsp3) is 0.467. The van der Waals surface area contributed by atoms with Crippen molar-refractivity contribution in [2.75, 3.05) is 13.1 Å². The average Bonchev–Trinajstić information content (AvgIpc) is 3.17. The Morgan fingerprint density at radius 1 is 1.35 bits per heavy atom. The van der Waals surface area contributed by atoms with E-state index in [1.807, 2.05) is 24.0 Å². The van der Waals surface area contributed by atoms with Gasteiger partial charge in [-0.15, -0.1) is 16.4 Å². The second-order valence-electron chi connectivity index (χ2n) is 5.69. The largest absolute Gasteiger partial charge is 0.476 e. The molecule has 23 heavy (non-hydrogen) atoms. The van der Waals surface area contributed by atoms with Crippen LogP contribution in [0.1, 0.15) is 39.1 Å². The predicted octanol–water partition coefficient (Wildman–Crippen LogP) is 1.75. The lowest BCUT2D eigenvalue weighted by Crippen LogP contribution is -2.39. The Balaban J connectivity index is 1.55. The van der Waals surface area contributed by atoms with Crippen molar-refractivity contribution in [3.8, 4) is 0 Å². The summed E-state index contributed by atoms with van der Waals surface area (Å²) in [6.45, 7) is 3.36. The number of aryl methyl sites for hydroxylation is 1. The molecule has 1 N–H and O–H groups in total. The molecule has 2 aromatic heterocycles. The smallest absolute Gasteiger partial charge is 0.358 e. The first-order valence-electron chi connectivity index (χ1n) is 7.51. The lowest BCUT2D eigenvalue weighted by Gasteiger charge is -2.31. The maximum atomic E-state index is 12.3. The van der Waals surface area contributed by atoms with Crippen LogP contribution in [-0.4, -0.2) is 50.0 Å². The van der Waals surface area contributed by atoms with Gasteiger partial charge in [0.25, 0.3) is 0 Å². The van der Waals surface area contributed by atoms with Crippen molar-refractivity contribution in [2.45, 2.75) is 32.2 Å². The Bertz CT molecular complexity index is 716. The first kappa shape index (κ1) is 15.7. The first-order valence-corrected chi connectivity index (χ1v) is 8.33. The number of nitrogens with zero attached hydrogens (tertiary/aromatic N) is 4. The van der Waals surface area contributed by atoms with Crippen molar-refractivity contribution in [1.29, 1.82) is 0 Å². The highest BCUT2D eigenvalue weighted by molar-refractivity contribution is 7.12. The van der Waals surface area contributed by atoms with Crippen molar-refractivity contribution in [2.24, 2.45) is 0 Å². The molecule has 1 amide bonds. The number of aromatic carboxylic acids is 1. The predicted molar refractivity (Wildman–Crippen MR) is 84.6 cm³/mol. The van der Waals surface area contributed by atoms with E-state index < -0.39 is 5.97 Å². The Morgan fingerprint density at radius 3 is 2.65 bits per heavy atom. The molecule has 2 aromatic rings. The van der Waals surface area contributed by atoms with Gasteiger partial charge in [0, 0.05) is 22.8 Å². The molecule has 0 atom stereocenters. The lowest BCUT2D eigenvalue weighted by atomic mass is 10.0. The Labute approximate surface area is 137 Å². The second-order valence-corrected chi connectivity index (χ2v) is 7.06. The van der Waals surface area contributed by atoms with Crippen LogP contribution < -0.4 is 0 Å². The van der Waals surface area contributed by atoms with Gasteiger partial charge in [-0.3, -0.25) is 4.79 Å². The number of carboxylic acid groups (broad SMARTS) is 1. The van der Waals surface area contributed by atoms with Gasteiger partial charge in [0.05, 0.1) is 18.7 Å². The fourth-order valence-electron chi connectivity index (χ4n) is 2.77. The average molecular weight is 334 g/mol. The third kappa shape index (κ3) is 3.58. The zero-order valence-corrected chi connectivity index (χ0v) is 13.6. The van der Waals surface area contributed by atoms with Crippen LogP contribution in [0.3, 0.4) is 0 Å². The van der Waals surface area contributed by atoms with Crippen LogP contribution in [0.15, 0.2) is 18.3 Å². The van der Waals surface area contributed by atoms with Gasteiger partial charge in [-0.05, 0) is 31.9 Å². The summed E-state index contributed by atoms with van der Waals surface area (Å²) < 4.78 is 1.61. The summed E-state index contributed by atoms with van der Waals surface area (Å²) in [7, 11) is 0. The third-order valence-corrected chi connectivity index (χ3v) is 5.04. The number of rotatable bonds is 4. The van der Waals surface area contributed by atoms with Crippen LogP contribution >= 0.6 is 11.3 Å². The zero-order valence-electron chi connectivity index (χ0n) is 12.8. The van der Waals surface area contributed by atoms with Crippen LogP contribution in [0, 0.1) is 6.92 Å². The summed E-state index contributed by atoms with van der Waals surface area (Å²) in [4.78, 5) is 27.4. The number of carbonyl (C=O) groups excluding carboxylic acids is 1. The minimum Gasteiger partial charge on any atom is -0.476 e. The molecule has 0 saturated carbocycles. The van der Waals surface area contributed by atoms with Crippen molar-refractivity contribution < 1.29 is 14.7 Å². The van der Waals surface area contributed by atoms with Crippen molar-refractivity contribution >= 4 is 23.2 Å². The first-order chi connectivity index (χ1) is 11.0. The highest BCUT2D eigenvalue weighted by Crippen LogP contribution is 2.23.